The highest BCUT2D eigenvalue weighted by Crippen LogP contribution is 2.15. The highest BCUT2D eigenvalue weighted by Gasteiger charge is 2.23. The van der Waals surface area contributed by atoms with Crippen LogP contribution >= 0.6 is 0 Å². The molecule has 0 radical (unpaired) electrons. The van der Waals surface area contributed by atoms with Gasteiger partial charge in [0.2, 0.25) is 5.91 Å². The average Bonchev–Trinajstić information content (AvgIpc) is 3.08. The molecule has 6 nitrogen and oxygen atoms in total. The first-order valence-corrected chi connectivity index (χ1v) is 8.00. The molecule has 1 aromatic rings. The van der Waals surface area contributed by atoms with Crippen LogP contribution in [-0.2, 0) is 16.1 Å². The molecule has 2 fully saturated rings. The molecule has 0 aliphatic carbocycles. The second-order valence-corrected chi connectivity index (χ2v) is 6.03. The van der Waals surface area contributed by atoms with E-state index in [-0.39, 0.29) is 12.0 Å². The molecule has 2 saturated heterocycles. The third-order valence-corrected chi connectivity index (χ3v) is 4.33. The smallest absolute Gasteiger partial charge is 0.249 e. The number of carbonyl (C=O) groups is 1. The number of hydrogen-bond donors (Lipinski definition) is 1. The highest BCUT2D eigenvalue weighted by molar-refractivity contribution is 5.80. The minimum absolute atomic E-state index is 0.00420. The number of nitrogens with zero attached hydrogens (tertiary/aromatic N) is 3. The molecular weight excluding hydrogens is 280 g/mol. The first-order valence-electron chi connectivity index (χ1n) is 8.00. The van der Waals surface area contributed by atoms with Gasteiger partial charge < -0.3 is 19.9 Å². The fourth-order valence-corrected chi connectivity index (χ4v) is 2.87. The summed E-state index contributed by atoms with van der Waals surface area (Å²) in [5.74, 6) is 0.993. The maximum atomic E-state index is 12.0. The largest absolute Gasteiger partial charge is 0.368 e. The van der Waals surface area contributed by atoms with Crippen LogP contribution in [0, 0.1) is 0 Å². The average molecular weight is 304 g/mol. The Balaban J connectivity index is 1.55. The summed E-state index contributed by atoms with van der Waals surface area (Å²) in [5.41, 5.74) is 1.08. The Kier molecular flexibility index (Phi) is 4.90. The van der Waals surface area contributed by atoms with Crippen LogP contribution in [0.1, 0.15) is 18.4 Å². The van der Waals surface area contributed by atoms with Crippen molar-refractivity contribution < 1.29 is 9.53 Å². The Morgan fingerprint density at radius 3 is 2.95 bits per heavy atom. The zero-order valence-electron chi connectivity index (χ0n) is 13.1. The van der Waals surface area contributed by atoms with Crippen molar-refractivity contribution in [3.05, 3.63) is 23.9 Å². The summed E-state index contributed by atoms with van der Waals surface area (Å²) in [4.78, 5) is 21.1. The van der Waals surface area contributed by atoms with Crippen molar-refractivity contribution >= 4 is 11.7 Å². The maximum Gasteiger partial charge on any atom is 0.249 e. The number of amides is 1. The minimum atomic E-state index is -0.265. The van der Waals surface area contributed by atoms with E-state index < -0.39 is 0 Å². The lowest BCUT2D eigenvalue weighted by atomic mass is 10.2. The number of rotatable bonds is 4. The van der Waals surface area contributed by atoms with E-state index in [2.05, 4.69) is 33.2 Å². The molecule has 1 aromatic heterocycles. The van der Waals surface area contributed by atoms with Gasteiger partial charge in [-0.2, -0.15) is 0 Å². The van der Waals surface area contributed by atoms with Gasteiger partial charge >= 0.3 is 0 Å². The number of aromatic nitrogens is 1. The van der Waals surface area contributed by atoms with E-state index >= 15 is 0 Å². The van der Waals surface area contributed by atoms with Crippen LogP contribution in [0.3, 0.4) is 0 Å². The molecular formula is C16H24N4O2. The standard InChI is InChI=1S/C16H24N4O2/c1-19-6-8-20(9-7-19)15-11-13(4-5-17-15)12-18-16(21)14-3-2-10-22-14/h4-5,11,14H,2-3,6-10,12H2,1H3,(H,18,21)/t14-/m1/s1. The number of anilines is 1. The molecule has 2 aliphatic heterocycles. The fourth-order valence-electron chi connectivity index (χ4n) is 2.87. The molecule has 1 N–H and O–H groups in total. The number of hydrogen-bond acceptors (Lipinski definition) is 5. The van der Waals surface area contributed by atoms with Crippen LogP contribution in [0.25, 0.3) is 0 Å². The van der Waals surface area contributed by atoms with Crippen molar-refractivity contribution in [3.63, 3.8) is 0 Å². The van der Waals surface area contributed by atoms with Crippen molar-refractivity contribution in [2.45, 2.75) is 25.5 Å². The van der Waals surface area contributed by atoms with E-state index in [1.54, 1.807) is 0 Å². The summed E-state index contributed by atoms with van der Waals surface area (Å²) in [7, 11) is 2.14. The van der Waals surface area contributed by atoms with E-state index in [1.165, 1.54) is 0 Å². The monoisotopic (exact) mass is 304 g/mol. The van der Waals surface area contributed by atoms with Gasteiger partial charge in [0.05, 0.1) is 0 Å². The van der Waals surface area contributed by atoms with Gasteiger partial charge in [0.25, 0.3) is 0 Å². The predicted molar refractivity (Wildman–Crippen MR) is 84.8 cm³/mol. The third-order valence-electron chi connectivity index (χ3n) is 4.33. The number of pyridine rings is 1. The zero-order valence-corrected chi connectivity index (χ0v) is 13.1. The fraction of sp³-hybridized carbons (Fsp3) is 0.625. The molecule has 3 heterocycles. The summed E-state index contributed by atoms with van der Waals surface area (Å²) in [6.45, 7) is 5.33. The van der Waals surface area contributed by atoms with Crippen LogP contribution in [0.15, 0.2) is 18.3 Å². The lowest BCUT2D eigenvalue weighted by Crippen LogP contribution is -2.44. The summed E-state index contributed by atoms with van der Waals surface area (Å²) in [6, 6.07) is 4.02. The lowest BCUT2D eigenvalue weighted by Gasteiger charge is -2.33. The highest BCUT2D eigenvalue weighted by atomic mass is 16.5. The van der Waals surface area contributed by atoms with Gasteiger partial charge in [-0.15, -0.1) is 0 Å². The molecule has 22 heavy (non-hydrogen) atoms. The SMILES string of the molecule is CN1CCN(c2cc(CNC(=O)[C@H]3CCCO3)ccn2)CC1. The van der Waals surface area contributed by atoms with Gasteiger partial charge in [-0.05, 0) is 37.6 Å². The Morgan fingerprint density at radius 1 is 1.41 bits per heavy atom. The second-order valence-electron chi connectivity index (χ2n) is 6.03. The van der Waals surface area contributed by atoms with Crippen molar-refractivity contribution in [3.8, 4) is 0 Å². The van der Waals surface area contributed by atoms with Crippen LogP contribution in [0.4, 0.5) is 5.82 Å². The van der Waals surface area contributed by atoms with Crippen molar-refractivity contribution in [1.82, 2.24) is 15.2 Å². The van der Waals surface area contributed by atoms with E-state index in [1.807, 2.05) is 12.3 Å². The second kappa shape index (κ2) is 7.07. The number of likely N-dealkylation sites (N-methyl/N-ethyl adjacent to an activating group) is 1. The summed E-state index contributed by atoms with van der Waals surface area (Å²) < 4.78 is 5.39. The molecule has 2 aliphatic rings. The van der Waals surface area contributed by atoms with Gasteiger partial charge in [0.1, 0.15) is 11.9 Å². The number of piperazine rings is 1. The number of carbonyl (C=O) groups excluding carboxylic acids is 1. The van der Waals surface area contributed by atoms with Crippen LogP contribution < -0.4 is 10.2 Å². The van der Waals surface area contributed by atoms with Crippen molar-refractivity contribution in [2.24, 2.45) is 0 Å². The Hall–Kier alpha value is -1.66. The third kappa shape index (κ3) is 3.75. The van der Waals surface area contributed by atoms with Crippen molar-refractivity contribution in [1.29, 1.82) is 0 Å². The zero-order chi connectivity index (χ0) is 15.4. The summed E-state index contributed by atoms with van der Waals surface area (Å²) in [5, 5.41) is 2.96. The van der Waals surface area contributed by atoms with E-state index in [4.69, 9.17) is 4.74 Å². The Labute approximate surface area is 131 Å². The van der Waals surface area contributed by atoms with Crippen LogP contribution in [0.5, 0.6) is 0 Å². The molecule has 0 unspecified atom stereocenters. The Morgan fingerprint density at radius 2 is 2.23 bits per heavy atom. The molecule has 0 saturated carbocycles. The van der Waals surface area contributed by atoms with Crippen LogP contribution in [0.2, 0.25) is 0 Å². The Bertz CT molecular complexity index is 509. The normalized spacial score (nSPS) is 22.8. The molecule has 0 aromatic carbocycles. The number of nitrogens with one attached hydrogen (secondary N) is 1. The van der Waals surface area contributed by atoms with Gasteiger partial charge in [0.15, 0.2) is 0 Å². The van der Waals surface area contributed by atoms with Gasteiger partial charge in [-0.3, -0.25) is 4.79 Å². The van der Waals surface area contributed by atoms with E-state index in [0.717, 1.165) is 50.4 Å². The molecule has 6 heteroatoms. The molecule has 0 bridgehead atoms. The first-order chi connectivity index (χ1) is 10.7. The molecule has 1 amide bonds. The quantitative estimate of drug-likeness (QED) is 0.884. The molecule has 3 rings (SSSR count). The maximum absolute atomic E-state index is 12.0. The summed E-state index contributed by atoms with van der Waals surface area (Å²) >= 11 is 0. The minimum Gasteiger partial charge on any atom is -0.368 e. The molecule has 120 valence electrons. The van der Waals surface area contributed by atoms with Crippen LogP contribution in [-0.4, -0.2) is 61.7 Å². The number of ether oxygens (including phenoxy) is 1. The topological polar surface area (TPSA) is 57.7 Å². The first kappa shape index (κ1) is 15.2. The van der Waals surface area contributed by atoms with Gasteiger partial charge in [-0.25, -0.2) is 4.98 Å². The molecule has 1 atom stereocenters. The molecule has 0 spiro atoms. The van der Waals surface area contributed by atoms with Gasteiger partial charge in [-0.1, -0.05) is 0 Å². The van der Waals surface area contributed by atoms with Gasteiger partial charge in [0, 0.05) is 45.5 Å². The lowest BCUT2D eigenvalue weighted by molar-refractivity contribution is -0.130. The van der Waals surface area contributed by atoms with Crippen molar-refractivity contribution in [2.75, 3.05) is 44.7 Å². The predicted octanol–water partition coefficient (Wildman–Crippen LogP) is 0.629. The summed E-state index contributed by atoms with van der Waals surface area (Å²) in [6.07, 6.45) is 3.36. The van der Waals surface area contributed by atoms with E-state index in [0.29, 0.717) is 13.2 Å². The van der Waals surface area contributed by atoms with E-state index in [9.17, 15) is 4.79 Å².